The molecular formula is C14H15ClN2O. The minimum atomic E-state index is -0.232. The number of halogens is 1. The molecule has 0 fully saturated rings. The van der Waals surface area contributed by atoms with Gasteiger partial charge in [-0.05, 0) is 41.8 Å². The number of rotatable bonds is 3. The lowest BCUT2D eigenvalue weighted by Gasteiger charge is -2.15. The molecule has 0 aliphatic carbocycles. The molecule has 0 radical (unpaired) electrons. The summed E-state index contributed by atoms with van der Waals surface area (Å²) in [6.45, 7) is 2.02. The van der Waals surface area contributed by atoms with Crippen LogP contribution in [0, 0.1) is 6.92 Å². The van der Waals surface area contributed by atoms with Crippen molar-refractivity contribution in [2.75, 3.05) is 7.11 Å². The molecule has 1 aromatic heterocycles. The Bertz CT molecular complexity index is 557. The minimum absolute atomic E-state index is 0.232. The summed E-state index contributed by atoms with van der Waals surface area (Å²) >= 11 is 6.00. The van der Waals surface area contributed by atoms with E-state index in [1.807, 2.05) is 25.1 Å². The number of methoxy groups -OCH3 is 1. The largest absolute Gasteiger partial charge is 0.495 e. The fraction of sp³-hybridized carbons (Fsp3) is 0.214. The number of ether oxygens (including phenoxy) is 1. The van der Waals surface area contributed by atoms with E-state index < -0.39 is 0 Å². The molecule has 1 atom stereocenters. The summed E-state index contributed by atoms with van der Waals surface area (Å²) in [7, 11) is 1.59. The first-order valence-corrected chi connectivity index (χ1v) is 6.01. The lowest BCUT2D eigenvalue weighted by atomic mass is 9.97. The van der Waals surface area contributed by atoms with Crippen molar-refractivity contribution in [3.8, 4) is 5.75 Å². The summed E-state index contributed by atoms with van der Waals surface area (Å²) in [4.78, 5) is 4.11. The number of aryl methyl sites for hydroxylation is 1. The Morgan fingerprint density at radius 1 is 1.33 bits per heavy atom. The highest BCUT2D eigenvalue weighted by Crippen LogP contribution is 2.29. The molecule has 0 saturated heterocycles. The molecule has 94 valence electrons. The normalized spacial score (nSPS) is 12.2. The van der Waals surface area contributed by atoms with Crippen LogP contribution in [0.4, 0.5) is 0 Å². The van der Waals surface area contributed by atoms with Crippen LogP contribution in [-0.4, -0.2) is 12.1 Å². The smallest absolute Gasteiger partial charge is 0.137 e. The van der Waals surface area contributed by atoms with Crippen LogP contribution in [-0.2, 0) is 0 Å². The van der Waals surface area contributed by atoms with Gasteiger partial charge < -0.3 is 10.5 Å². The lowest BCUT2D eigenvalue weighted by Crippen LogP contribution is -2.13. The van der Waals surface area contributed by atoms with E-state index in [9.17, 15) is 0 Å². The van der Waals surface area contributed by atoms with Crippen LogP contribution in [0.15, 0.2) is 36.7 Å². The summed E-state index contributed by atoms with van der Waals surface area (Å²) < 4.78 is 5.20. The number of aromatic nitrogens is 1. The summed E-state index contributed by atoms with van der Waals surface area (Å²) in [5.74, 6) is 0.631. The van der Waals surface area contributed by atoms with Crippen molar-refractivity contribution >= 4 is 11.6 Å². The monoisotopic (exact) mass is 262 g/mol. The van der Waals surface area contributed by atoms with Gasteiger partial charge in [-0.2, -0.15) is 0 Å². The number of hydrogen-bond donors (Lipinski definition) is 1. The Morgan fingerprint density at radius 3 is 2.78 bits per heavy atom. The summed E-state index contributed by atoms with van der Waals surface area (Å²) in [5, 5.41) is 0.580. The summed E-state index contributed by atoms with van der Waals surface area (Å²) in [6, 6.07) is 7.27. The van der Waals surface area contributed by atoms with Crippen LogP contribution in [0.3, 0.4) is 0 Å². The van der Waals surface area contributed by atoms with Crippen molar-refractivity contribution in [2.24, 2.45) is 5.73 Å². The van der Waals surface area contributed by atoms with Gasteiger partial charge in [0.25, 0.3) is 0 Å². The van der Waals surface area contributed by atoms with Crippen LogP contribution < -0.4 is 10.5 Å². The third-order valence-electron chi connectivity index (χ3n) is 2.95. The van der Waals surface area contributed by atoms with Gasteiger partial charge in [0.1, 0.15) is 5.75 Å². The Labute approximate surface area is 112 Å². The molecule has 0 bridgehead atoms. The fourth-order valence-corrected chi connectivity index (χ4v) is 2.05. The molecule has 0 aliphatic rings. The third-order valence-corrected chi connectivity index (χ3v) is 3.26. The highest BCUT2D eigenvalue weighted by Gasteiger charge is 2.13. The maximum absolute atomic E-state index is 6.25. The predicted octanol–water partition coefficient (Wildman–Crippen LogP) is 3.10. The quantitative estimate of drug-likeness (QED) is 0.925. The maximum atomic E-state index is 6.25. The van der Waals surface area contributed by atoms with E-state index in [1.54, 1.807) is 25.6 Å². The summed E-state index contributed by atoms with van der Waals surface area (Å²) in [6.07, 6.45) is 3.55. The van der Waals surface area contributed by atoms with E-state index in [0.29, 0.717) is 10.8 Å². The number of nitrogens with two attached hydrogens (primary N) is 1. The second-order valence-electron chi connectivity index (χ2n) is 4.10. The van der Waals surface area contributed by atoms with Gasteiger partial charge in [-0.15, -0.1) is 0 Å². The van der Waals surface area contributed by atoms with Crippen molar-refractivity contribution < 1.29 is 4.74 Å². The van der Waals surface area contributed by atoms with Gasteiger partial charge in [0.15, 0.2) is 0 Å². The number of benzene rings is 1. The fourth-order valence-electron chi connectivity index (χ4n) is 1.85. The van der Waals surface area contributed by atoms with E-state index in [-0.39, 0.29) is 6.04 Å². The molecule has 2 rings (SSSR count). The first-order valence-electron chi connectivity index (χ1n) is 5.63. The molecule has 3 nitrogen and oxygen atoms in total. The second kappa shape index (κ2) is 5.38. The predicted molar refractivity (Wildman–Crippen MR) is 73.0 cm³/mol. The molecule has 1 unspecified atom stereocenters. The molecule has 2 N–H and O–H groups in total. The molecule has 0 amide bonds. The molecule has 0 spiro atoms. The zero-order valence-corrected chi connectivity index (χ0v) is 11.1. The molecule has 1 aromatic carbocycles. The first kappa shape index (κ1) is 12.9. The Morgan fingerprint density at radius 2 is 2.11 bits per heavy atom. The van der Waals surface area contributed by atoms with Crippen LogP contribution in [0.2, 0.25) is 5.02 Å². The van der Waals surface area contributed by atoms with Gasteiger partial charge in [-0.3, -0.25) is 4.98 Å². The summed E-state index contributed by atoms with van der Waals surface area (Å²) in [5.41, 5.74) is 9.32. The van der Waals surface area contributed by atoms with Gasteiger partial charge >= 0.3 is 0 Å². The molecule has 0 aliphatic heterocycles. The highest BCUT2D eigenvalue weighted by molar-refractivity contribution is 6.32. The molecular weight excluding hydrogens is 248 g/mol. The van der Waals surface area contributed by atoms with Crippen molar-refractivity contribution in [3.63, 3.8) is 0 Å². The van der Waals surface area contributed by atoms with Crippen molar-refractivity contribution in [3.05, 3.63) is 58.4 Å². The topological polar surface area (TPSA) is 48.1 Å². The van der Waals surface area contributed by atoms with Gasteiger partial charge in [0, 0.05) is 12.4 Å². The van der Waals surface area contributed by atoms with Gasteiger partial charge in [-0.1, -0.05) is 17.7 Å². The maximum Gasteiger partial charge on any atom is 0.137 e. The molecule has 0 saturated carbocycles. The Balaban J connectivity index is 2.40. The van der Waals surface area contributed by atoms with E-state index in [4.69, 9.17) is 22.1 Å². The van der Waals surface area contributed by atoms with Crippen molar-refractivity contribution in [1.29, 1.82) is 0 Å². The SMILES string of the molecule is COc1cc(C(N)c2cnccc2C)ccc1Cl. The van der Waals surface area contributed by atoms with Crippen LogP contribution in [0.25, 0.3) is 0 Å². The molecule has 1 heterocycles. The van der Waals surface area contributed by atoms with Gasteiger partial charge in [-0.25, -0.2) is 0 Å². The Kier molecular flexibility index (Phi) is 3.84. The van der Waals surface area contributed by atoms with Crippen LogP contribution in [0.5, 0.6) is 5.75 Å². The zero-order chi connectivity index (χ0) is 13.1. The molecule has 4 heteroatoms. The zero-order valence-electron chi connectivity index (χ0n) is 10.4. The van der Waals surface area contributed by atoms with E-state index >= 15 is 0 Å². The van der Waals surface area contributed by atoms with Gasteiger partial charge in [0.2, 0.25) is 0 Å². The standard InChI is InChI=1S/C14H15ClN2O/c1-9-5-6-17-8-11(9)14(16)10-3-4-12(15)13(7-10)18-2/h3-8,14H,16H2,1-2H3. The number of nitrogens with zero attached hydrogens (tertiary/aromatic N) is 1. The van der Waals surface area contributed by atoms with E-state index in [2.05, 4.69) is 4.98 Å². The number of pyridine rings is 1. The Hall–Kier alpha value is -1.58. The average molecular weight is 263 g/mol. The van der Waals surface area contributed by atoms with Crippen LogP contribution in [0.1, 0.15) is 22.7 Å². The lowest BCUT2D eigenvalue weighted by molar-refractivity contribution is 0.414. The van der Waals surface area contributed by atoms with Gasteiger partial charge in [0.05, 0.1) is 18.2 Å². The van der Waals surface area contributed by atoms with Crippen LogP contribution >= 0.6 is 11.6 Å². The molecule has 18 heavy (non-hydrogen) atoms. The average Bonchev–Trinajstić information content (AvgIpc) is 2.39. The van der Waals surface area contributed by atoms with Crippen molar-refractivity contribution in [1.82, 2.24) is 4.98 Å². The third kappa shape index (κ3) is 2.47. The second-order valence-corrected chi connectivity index (χ2v) is 4.51. The molecule has 2 aromatic rings. The van der Waals surface area contributed by atoms with E-state index in [1.165, 1.54) is 0 Å². The van der Waals surface area contributed by atoms with Crippen molar-refractivity contribution in [2.45, 2.75) is 13.0 Å². The van der Waals surface area contributed by atoms with E-state index in [0.717, 1.165) is 16.7 Å². The first-order chi connectivity index (χ1) is 8.63. The minimum Gasteiger partial charge on any atom is -0.495 e. The highest BCUT2D eigenvalue weighted by atomic mass is 35.5. The number of hydrogen-bond acceptors (Lipinski definition) is 3.